The van der Waals surface area contributed by atoms with Gasteiger partial charge in [0.05, 0.1) is 5.56 Å². The van der Waals surface area contributed by atoms with Crippen LogP contribution in [0.25, 0.3) is 11.3 Å². The topological polar surface area (TPSA) is 71.8 Å². The number of nitrogens with one attached hydrogen (secondary N) is 1. The molecule has 3 N–H and O–H groups in total. The smallest absolute Gasteiger partial charge is 0.365 e. The number of aromatic nitrogens is 2. The van der Waals surface area contributed by atoms with Crippen molar-refractivity contribution in [2.24, 2.45) is 5.73 Å². The Bertz CT molecular complexity index is 581. The summed E-state index contributed by atoms with van der Waals surface area (Å²) in [6.45, 7) is 0. The molecule has 1 aromatic heterocycles. The molecular formula is C11H9ClF3N3O. The number of aromatic amines is 1. The number of halogens is 4. The van der Waals surface area contributed by atoms with E-state index in [-0.39, 0.29) is 18.1 Å². The summed E-state index contributed by atoms with van der Waals surface area (Å²) in [7, 11) is 0. The summed E-state index contributed by atoms with van der Waals surface area (Å²) in [6.07, 6.45) is -4.70. The van der Waals surface area contributed by atoms with Gasteiger partial charge in [-0.15, -0.1) is 12.4 Å². The predicted molar refractivity (Wildman–Crippen MR) is 64.8 cm³/mol. The Morgan fingerprint density at radius 3 is 2.26 bits per heavy atom. The van der Waals surface area contributed by atoms with Crippen LogP contribution in [0.15, 0.2) is 30.3 Å². The van der Waals surface area contributed by atoms with Gasteiger partial charge in [0, 0.05) is 5.56 Å². The molecule has 0 radical (unpaired) electrons. The zero-order valence-electron chi connectivity index (χ0n) is 9.36. The minimum atomic E-state index is -4.70. The van der Waals surface area contributed by atoms with Crippen LogP contribution in [0.1, 0.15) is 16.1 Å². The lowest BCUT2D eigenvalue weighted by molar-refractivity contribution is -0.141. The summed E-state index contributed by atoms with van der Waals surface area (Å²) in [5.74, 6) is -1.17. The molecular weight excluding hydrogens is 283 g/mol. The van der Waals surface area contributed by atoms with Gasteiger partial charge < -0.3 is 5.73 Å². The van der Waals surface area contributed by atoms with Crippen molar-refractivity contribution < 1.29 is 18.0 Å². The van der Waals surface area contributed by atoms with E-state index in [1.165, 1.54) is 0 Å². The Balaban J connectivity index is 0.00000180. The van der Waals surface area contributed by atoms with Crippen LogP contribution in [-0.2, 0) is 6.18 Å². The van der Waals surface area contributed by atoms with Crippen LogP contribution in [0.3, 0.4) is 0 Å². The maximum atomic E-state index is 12.7. The number of carbonyl (C=O) groups is 1. The number of H-pyrrole nitrogens is 1. The van der Waals surface area contributed by atoms with Crippen molar-refractivity contribution in [2.45, 2.75) is 6.18 Å². The van der Waals surface area contributed by atoms with E-state index >= 15 is 0 Å². The number of nitrogens with zero attached hydrogens (tertiary/aromatic N) is 1. The van der Waals surface area contributed by atoms with Crippen LogP contribution >= 0.6 is 12.4 Å². The van der Waals surface area contributed by atoms with Gasteiger partial charge in [0.25, 0.3) is 5.91 Å². The second-order valence-corrected chi connectivity index (χ2v) is 3.55. The highest BCUT2D eigenvalue weighted by atomic mass is 35.5. The lowest BCUT2D eigenvalue weighted by atomic mass is 10.1. The zero-order chi connectivity index (χ0) is 13.3. The molecule has 0 saturated heterocycles. The Morgan fingerprint density at radius 2 is 1.79 bits per heavy atom. The van der Waals surface area contributed by atoms with Crippen LogP contribution < -0.4 is 5.73 Å². The molecule has 0 aliphatic heterocycles. The summed E-state index contributed by atoms with van der Waals surface area (Å²) in [5.41, 5.74) is 3.41. The second-order valence-electron chi connectivity index (χ2n) is 3.55. The largest absolute Gasteiger partial charge is 0.433 e. The van der Waals surface area contributed by atoms with E-state index < -0.39 is 23.3 Å². The van der Waals surface area contributed by atoms with Gasteiger partial charge in [0.15, 0.2) is 5.69 Å². The average Bonchev–Trinajstić information content (AvgIpc) is 2.74. The standard InChI is InChI=1S/C11H8F3N3O.ClH/c12-11(13,14)9-7(10(15)18)8(16-17-9)6-4-2-1-3-5-6;/h1-5H,(H2,15,18)(H,16,17);1H. The molecule has 1 amide bonds. The molecule has 0 atom stereocenters. The van der Waals surface area contributed by atoms with Crippen molar-refractivity contribution in [1.29, 1.82) is 0 Å². The molecule has 4 nitrogen and oxygen atoms in total. The number of nitrogens with two attached hydrogens (primary N) is 1. The summed E-state index contributed by atoms with van der Waals surface area (Å²) in [6, 6.07) is 8.04. The average molecular weight is 292 g/mol. The van der Waals surface area contributed by atoms with Gasteiger partial charge in [-0.2, -0.15) is 18.3 Å². The first kappa shape index (κ1) is 15.0. The lowest BCUT2D eigenvalue weighted by Gasteiger charge is -2.05. The van der Waals surface area contributed by atoms with E-state index in [0.717, 1.165) is 0 Å². The number of hydrogen-bond acceptors (Lipinski definition) is 2. The van der Waals surface area contributed by atoms with E-state index in [1.807, 2.05) is 5.10 Å². The minimum absolute atomic E-state index is 0. The molecule has 0 bridgehead atoms. The van der Waals surface area contributed by atoms with E-state index in [9.17, 15) is 18.0 Å². The number of amides is 1. The van der Waals surface area contributed by atoms with Gasteiger partial charge in [0.2, 0.25) is 0 Å². The number of alkyl halides is 3. The van der Waals surface area contributed by atoms with Crippen LogP contribution in [0.2, 0.25) is 0 Å². The minimum Gasteiger partial charge on any atom is -0.365 e. The molecule has 19 heavy (non-hydrogen) atoms. The van der Waals surface area contributed by atoms with Crippen LogP contribution in [0.5, 0.6) is 0 Å². The highest BCUT2D eigenvalue weighted by Crippen LogP contribution is 2.34. The van der Waals surface area contributed by atoms with E-state index in [0.29, 0.717) is 5.56 Å². The number of carbonyl (C=O) groups excluding carboxylic acids is 1. The molecule has 0 aliphatic rings. The van der Waals surface area contributed by atoms with Gasteiger partial charge in [-0.1, -0.05) is 30.3 Å². The number of benzene rings is 1. The monoisotopic (exact) mass is 291 g/mol. The molecule has 102 valence electrons. The SMILES string of the molecule is Cl.NC(=O)c1c(-c2ccccc2)n[nH]c1C(F)(F)F. The Morgan fingerprint density at radius 1 is 1.21 bits per heavy atom. The van der Waals surface area contributed by atoms with E-state index in [4.69, 9.17) is 5.73 Å². The Labute approximate surface area is 112 Å². The van der Waals surface area contributed by atoms with Crippen LogP contribution in [-0.4, -0.2) is 16.1 Å². The van der Waals surface area contributed by atoms with Crippen molar-refractivity contribution in [3.05, 3.63) is 41.6 Å². The molecule has 2 aromatic rings. The van der Waals surface area contributed by atoms with Crippen molar-refractivity contribution >= 4 is 18.3 Å². The summed E-state index contributed by atoms with van der Waals surface area (Å²) in [4.78, 5) is 11.2. The third kappa shape index (κ3) is 2.87. The zero-order valence-corrected chi connectivity index (χ0v) is 10.2. The lowest BCUT2D eigenvalue weighted by Crippen LogP contribution is -2.18. The van der Waals surface area contributed by atoms with Gasteiger partial charge in [-0.3, -0.25) is 9.89 Å². The van der Waals surface area contributed by atoms with Gasteiger partial charge in [0.1, 0.15) is 5.69 Å². The number of rotatable bonds is 2. The quantitative estimate of drug-likeness (QED) is 0.893. The maximum Gasteiger partial charge on any atom is 0.433 e. The van der Waals surface area contributed by atoms with E-state index in [2.05, 4.69) is 5.10 Å². The van der Waals surface area contributed by atoms with Crippen molar-refractivity contribution in [2.75, 3.05) is 0 Å². The van der Waals surface area contributed by atoms with Crippen LogP contribution in [0, 0.1) is 0 Å². The molecule has 1 heterocycles. The molecule has 0 aliphatic carbocycles. The second kappa shape index (κ2) is 5.31. The van der Waals surface area contributed by atoms with Crippen molar-refractivity contribution in [3.8, 4) is 11.3 Å². The molecule has 2 rings (SSSR count). The maximum absolute atomic E-state index is 12.7. The molecule has 1 aromatic carbocycles. The molecule has 0 spiro atoms. The molecule has 8 heteroatoms. The van der Waals surface area contributed by atoms with Gasteiger partial charge in [-0.05, 0) is 0 Å². The predicted octanol–water partition coefficient (Wildman–Crippen LogP) is 2.62. The highest BCUT2D eigenvalue weighted by molar-refractivity contribution is 6.00. The fourth-order valence-corrected chi connectivity index (χ4v) is 1.59. The van der Waals surface area contributed by atoms with Gasteiger partial charge >= 0.3 is 6.18 Å². The Kier molecular flexibility index (Phi) is 4.21. The van der Waals surface area contributed by atoms with E-state index in [1.54, 1.807) is 30.3 Å². The molecule has 0 unspecified atom stereocenters. The highest BCUT2D eigenvalue weighted by Gasteiger charge is 2.39. The third-order valence-electron chi connectivity index (χ3n) is 2.34. The fraction of sp³-hybridized carbons (Fsp3) is 0.0909. The molecule has 0 fully saturated rings. The normalized spacial score (nSPS) is 10.9. The Hall–Kier alpha value is -2.02. The summed E-state index contributed by atoms with van der Waals surface area (Å²) < 4.78 is 38.0. The van der Waals surface area contributed by atoms with Crippen molar-refractivity contribution in [3.63, 3.8) is 0 Å². The first-order chi connectivity index (χ1) is 8.41. The first-order valence-corrected chi connectivity index (χ1v) is 4.92. The summed E-state index contributed by atoms with van der Waals surface area (Å²) >= 11 is 0. The fourth-order valence-electron chi connectivity index (χ4n) is 1.59. The number of hydrogen-bond donors (Lipinski definition) is 2. The van der Waals surface area contributed by atoms with Crippen molar-refractivity contribution in [1.82, 2.24) is 10.2 Å². The molecule has 0 saturated carbocycles. The van der Waals surface area contributed by atoms with Crippen LogP contribution in [0.4, 0.5) is 13.2 Å². The number of primary amides is 1. The summed E-state index contributed by atoms with van der Waals surface area (Å²) in [5, 5.41) is 5.35. The third-order valence-corrected chi connectivity index (χ3v) is 2.34. The van der Waals surface area contributed by atoms with Gasteiger partial charge in [-0.25, -0.2) is 0 Å². The first-order valence-electron chi connectivity index (χ1n) is 4.92.